The molecule has 0 unspecified atom stereocenters. The second-order valence-corrected chi connectivity index (χ2v) is 10.4. The predicted molar refractivity (Wildman–Crippen MR) is 162 cm³/mol. The first kappa shape index (κ1) is 36.0. The average molecular weight is 588 g/mol. The molecule has 0 aliphatic carbocycles. The van der Waals surface area contributed by atoms with Gasteiger partial charge in [0.2, 0.25) is 17.7 Å². The molecule has 0 heterocycles. The lowest BCUT2D eigenvalue weighted by atomic mass is 10.0. The van der Waals surface area contributed by atoms with E-state index in [-0.39, 0.29) is 24.3 Å². The van der Waals surface area contributed by atoms with Gasteiger partial charge < -0.3 is 37.5 Å². The van der Waals surface area contributed by atoms with E-state index in [1.165, 1.54) is 0 Å². The Morgan fingerprint density at radius 1 is 0.929 bits per heavy atom. The maximum atomic E-state index is 13.3. The van der Waals surface area contributed by atoms with Crippen LogP contribution in [0.15, 0.2) is 30.3 Å². The van der Waals surface area contributed by atoms with E-state index in [9.17, 15) is 19.2 Å². The van der Waals surface area contributed by atoms with E-state index in [2.05, 4.69) is 31.9 Å². The third-order valence-corrected chi connectivity index (χ3v) is 6.31. The van der Waals surface area contributed by atoms with Gasteiger partial charge in [-0.05, 0) is 50.0 Å². The summed E-state index contributed by atoms with van der Waals surface area (Å²) in [5, 5.41) is 32.6. The van der Waals surface area contributed by atoms with Crippen LogP contribution in [0.25, 0.3) is 0 Å². The lowest BCUT2D eigenvalue weighted by Crippen LogP contribution is -2.57. The van der Waals surface area contributed by atoms with Crippen molar-refractivity contribution in [3.05, 3.63) is 35.9 Å². The molecule has 0 spiro atoms. The molecule has 0 bridgehead atoms. The number of likely N-dealkylation sites (N-methyl/N-ethyl adjacent to an activating group) is 1. The van der Waals surface area contributed by atoms with Crippen molar-refractivity contribution >= 4 is 35.9 Å². The normalized spacial score (nSPS) is 13.6. The van der Waals surface area contributed by atoms with Crippen LogP contribution in [0.3, 0.4) is 0 Å². The standard InChI is InChI=1S/C28H47N10O4/c1-18(2)15-23(37-24(40)21(29)16-19-9-5-4-6-10-19)26(42)36-22(12-8-13-34-27(30)31)25(41)38-28(32)35-14-7-11-20(17-39)33-3/h4-6,9-10,17-18,20-23H,7-8,11-16,29H2,1-3H3,(H,36,42)(H,37,40)(H4,30,31,34)(H3,32,35,38,41)/t20-,21-,22-,23-/m0/s1. The molecular formula is C28H47N10O4. The van der Waals surface area contributed by atoms with E-state index in [4.69, 9.17) is 22.3 Å². The van der Waals surface area contributed by atoms with E-state index in [1.54, 1.807) is 7.05 Å². The summed E-state index contributed by atoms with van der Waals surface area (Å²) in [4.78, 5) is 50.2. The van der Waals surface area contributed by atoms with Crippen molar-refractivity contribution in [2.24, 2.45) is 17.4 Å². The Balaban J connectivity index is 2.86. The van der Waals surface area contributed by atoms with Crippen LogP contribution in [0.5, 0.6) is 0 Å². The third-order valence-electron chi connectivity index (χ3n) is 6.31. The van der Waals surface area contributed by atoms with Crippen LogP contribution in [0.2, 0.25) is 0 Å². The number of nitrogens with zero attached hydrogens (tertiary/aromatic N) is 1. The quantitative estimate of drug-likeness (QED) is 0.0422. The summed E-state index contributed by atoms with van der Waals surface area (Å²) in [5.41, 5.74) is 12.3. The molecule has 233 valence electrons. The molecule has 1 aromatic carbocycles. The molecule has 0 aromatic heterocycles. The van der Waals surface area contributed by atoms with Gasteiger partial charge in [0.25, 0.3) is 0 Å². The van der Waals surface area contributed by atoms with Crippen molar-refractivity contribution in [3.8, 4) is 0 Å². The van der Waals surface area contributed by atoms with E-state index >= 15 is 0 Å². The second-order valence-electron chi connectivity index (χ2n) is 10.4. The minimum Gasteiger partial charge on any atom is -0.370 e. The number of guanidine groups is 2. The zero-order valence-corrected chi connectivity index (χ0v) is 24.7. The lowest BCUT2D eigenvalue weighted by Gasteiger charge is -2.25. The number of hydrogen-bond acceptors (Lipinski definition) is 7. The average Bonchev–Trinajstić information content (AvgIpc) is 2.94. The molecule has 0 saturated heterocycles. The fraction of sp³-hybridized carbons (Fsp3) is 0.571. The topological polar surface area (TPSA) is 242 Å². The number of aldehydes is 1. The zero-order chi connectivity index (χ0) is 31.5. The smallest absolute Gasteiger partial charge is 0.249 e. The largest absolute Gasteiger partial charge is 0.370 e. The van der Waals surface area contributed by atoms with Gasteiger partial charge in [0.05, 0.1) is 12.1 Å². The Labute approximate surface area is 247 Å². The number of carbonyl (C=O) groups is 4. The van der Waals surface area contributed by atoms with Crippen molar-refractivity contribution in [2.75, 3.05) is 20.1 Å². The van der Waals surface area contributed by atoms with Crippen molar-refractivity contribution in [3.63, 3.8) is 0 Å². The monoisotopic (exact) mass is 587 g/mol. The second kappa shape index (κ2) is 19.9. The van der Waals surface area contributed by atoms with Gasteiger partial charge in [-0.25, -0.2) is 5.32 Å². The molecule has 0 fully saturated rings. The summed E-state index contributed by atoms with van der Waals surface area (Å²) < 4.78 is 0. The Morgan fingerprint density at radius 3 is 2.14 bits per heavy atom. The highest BCUT2D eigenvalue weighted by Gasteiger charge is 2.29. The highest BCUT2D eigenvalue weighted by Crippen LogP contribution is 2.08. The molecule has 11 N–H and O–H groups in total. The van der Waals surface area contributed by atoms with Crippen LogP contribution < -0.4 is 43.4 Å². The summed E-state index contributed by atoms with van der Waals surface area (Å²) in [7, 11) is 1.56. The van der Waals surface area contributed by atoms with Crippen molar-refractivity contribution in [1.82, 2.24) is 31.9 Å². The van der Waals surface area contributed by atoms with Gasteiger partial charge in [-0.3, -0.25) is 30.5 Å². The van der Waals surface area contributed by atoms with Gasteiger partial charge in [-0.15, -0.1) is 0 Å². The van der Waals surface area contributed by atoms with Crippen LogP contribution in [0.4, 0.5) is 0 Å². The van der Waals surface area contributed by atoms with E-state index in [0.717, 1.165) is 11.8 Å². The number of amides is 3. The molecule has 4 atom stereocenters. The Morgan fingerprint density at radius 2 is 1.55 bits per heavy atom. The summed E-state index contributed by atoms with van der Waals surface area (Å²) in [6, 6.07) is 6.06. The fourth-order valence-electron chi connectivity index (χ4n) is 4.05. The Bertz CT molecular complexity index is 1020. The number of nitrogens with two attached hydrogens (primary N) is 2. The molecule has 14 nitrogen and oxygen atoms in total. The molecule has 0 aliphatic heterocycles. The molecular weight excluding hydrogens is 540 g/mol. The first-order valence-electron chi connectivity index (χ1n) is 14.1. The first-order valence-corrected chi connectivity index (χ1v) is 14.1. The number of rotatable bonds is 19. The molecule has 3 amide bonds. The van der Waals surface area contributed by atoms with Crippen LogP contribution in [0, 0.1) is 16.7 Å². The molecule has 1 radical (unpaired) electrons. The summed E-state index contributed by atoms with van der Waals surface area (Å²) in [5.74, 6) is -2.07. The highest BCUT2D eigenvalue weighted by atomic mass is 16.2. The molecule has 42 heavy (non-hydrogen) atoms. The summed E-state index contributed by atoms with van der Waals surface area (Å²) in [6.07, 6.45) is 3.00. The zero-order valence-electron chi connectivity index (χ0n) is 24.7. The molecule has 0 saturated carbocycles. The van der Waals surface area contributed by atoms with Gasteiger partial charge in [0.1, 0.15) is 18.4 Å². The first-order chi connectivity index (χ1) is 20.0. The van der Waals surface area contributed by atoms with Crippen molar-refractivity contribution in [1.29, 1.82) is 10.8 Å². The molecule has 1 aromatic rings. The van der Waals surface area contributed by atoms with Crippen molar-refractivity contribution in [2.45, 2.75) is 76.5 Å². The molecule has 1 rings (SSSR count). The van der Waals surface area contributed by atoms with Gasteiger partial charge in [-0.1, -0.05) is 44.2 Å². The van der Waals surface area contributed by atoms with E-state index < -0.39 is 41.9 Å². The maximum Gasteiger partial charge on any atom is 0.249 e. The van der Waals surface area contributed by atoms with Crippen LogP contribution in [-0.4, -0.2) is 80.2 Å². The molecule has 14 heteroatoms. The minimum atomic E-state index is -1.03. The van der Waals surface area contributed by atoms with Crippen molar-refractivity contribution < 1.29 is 19.2 Å². The third kappa shape index (κ3) is 15.1. The van der Waals surface area contributed by atoms with E-state index in [0.29, 0.717) is 45.2 Å². The highest BCUT2D eigenvalue weighted by molar-refractivity contribution is 6.00. The van der Waals surface area contributed by atoms with Gasteiger partial charge in [-0.2, -0.15) is 0 Å². The summed E-state index contributed by atoms with van der Waals surface area (Å²) >= 11 is 0. The van der Waals surface area contributed by atoms with Gasteiger partial charge >= 0.3 is 0 Å². The fourth-order valence-corrected chi connectivity index (χ4v) is 4.05. The Hall–Kier alpha value is -4.04. The number of benzene rings is 1. The number of hydrogen-bond donors (Lipinski definition) is 9. The summed E-state index contributed by atoms with van der Waals surface area (Å²) in [6.45, 7) is 4.45. The maximum absolute atomic E-state index is 13.3. The minimum absolute atomic E-state index is 0.0511. The van der Waals surface area contributed by atoms with Crippen LogP contribution in [-0.2, 0) is 25.6 Å². The Kier molecular flexibility index (Phi) is 17.1. The lowest BCUT2D eigenvalue weighted by molar-refractivity contribution is -0.132. The molecule has 0 aliphatic rings. The van der Waals surface area contributed by atoms with Gasteiger partial charge in [0.15, 0.2) is 11.9 Å². The number of carbonyl (C=O) groups excluding carboxylic acids is 4. The van der Waals surface area contributed by atoms with Crippen LogP contribution in [0.1, 0.15) is 51.5 Å². The van der Waals surface area contributed by atoms with Crippen LogP contribution >= 0.6 is 0 Å². The van der Waals surface area contributed by atoms with Gasteiger partial charge in [0, 0.05) is 20.1 Å². The van der Waals surface area contributed by atoms with E-state index in [1.807, 2.05) is 44.2 Å². The SMILES string of the molecule is C[N][C@H](C=O)CCCNC(=N)NC(=O)[C@H](CCCNC(=N)N)NC(=O)[C@H](CC(C)C)NC(=O)[C@@H](N)Cc1ccccc1. The number of nitrogens with one attached hydrogen (secondary N) is 7. The predicted octanol–water partition coefficient (Wildman–Crippen LogP) is -0.942.